The zero-order valence-electron chi connectivity index (χ0n) is 16.1. The predicted molar refractivity (Wildman–Crippen MR) is 109 cm³/mol. The summed E-state index contributed by atoms with van der Waals surface area (Å²) in [6.45, 7) is 3.75. The third kappa shape index (κ3) is 5.80. The van der Waals surface area contributed by atoms with Crippen molar-refractivity contribution in [3.63, 3.8) is 0 Å². The molecule has 1 unspecified atom stereocenters. The lowest BCUT2D eigenvalue weighted by Crippen LogP contribution is -2.41. The monoisotopic (exact) mass is 363 g/mol. The molecule has 27 heavy (non-hydrogen) atoms. The lowest BCUT2D eigenvalue weighted by Gasteiger charge is -2.31. The number of hydrogen-bond acceptors (Lipinski definition) is 3. The van der Waals surface area contributed by atoms with Crippen LogP contribution >= 0.6 is 0 Å². The van der Waals surface area contributed by atoms with E-state index in [1.54, 1.807) is 0 Å². The van der Waals surface area contributed by atoms with Crippen molar-refractivity contribution in [2.45, 2.75) is 51.7 Å². The van der Waals surface area contributed by atoms with Gasteiger partial charge in [-0.2, -0.15) is 0 Å². The number of rotatable bonds is 9. The average Bonchev–Trinajstić information content (AvgIpc) is 3.21. The number of allylic oxidation sites excluding steroid dienone is 1. The Balaban J connectivity index is 1.85. The van der Waals surface area contributed by atoms with E-state index in [-0.39, 0.29) is 12.0 Å². The first-order chi connectivity index (χ1) is 13.3. The zero-order valence-corrected chi connectivity index (χ0v) is 16.1. The summed E-state index contributed by atoms with van der Waals surface area (Å²) in [5.41, 5.74) is 3.81. The topological polar surface area (TPSA) is 29.5 Å². The summed E-state index contributed by atoms with van der Waals surface area (Å²) in [5, 5.41) is 0. The Morgan fingerprint density at radius 3 is 2.07 bits per heavy atom. The molecule has 0 spiro atoms. The molecule has 0 bridgehead atoms. The Hall–Kier alpha value is -2.39. The molecule has 142 valence electrons. The van der Waals surface area contributed by atoms with Crippen molar-refractivity contribution in [1.29, 1.82) is 0 Å². The first-order valence-electron chi connectivity index (χ1n) is 9.92. The number of ether oxygens (including phenoxy) is 1. The molecule has 0 aliphatic heterocycles. The van der Waals surface area contributed by atoms with Gasteiger partial charge in [0, 0.05) is 13.1 Å². The van der Waals surface area contributed by atoms with E-state index >= 15 is 0 Å². The molecule has 2 aromatic carbocycles. The Morgan fingerprint density at radius 1 is 1.00 bits per heavy atom. The zero-order chi connectivity index (χ0) is 18.9. The second kappa shape index (κ2) is 10.1. The van der Waals surface area contributed by atoms with Gasteiger partial charge in [-0.05, 0) is 43.7 Å². The van der Waals surface area contributed by atoms with E-state index in [2.05, 4.69) is 59.5 Å². The molecule has 0 fully saturated rings. The van der Waals surface area contributed by atoms with Gasteiger partial charge in [0.15, 0.2) is 0 Å². The summed E-state index contributed by atoms with van der Waals surface area (Å²) >= 11 is 0. The van der Waals surface area contributed by atoms with Crippen LogP contribution in [0.1, 0.15) is 43.7 Å². The van der Waals surface area contributed by atoms with Crippen LogP contribution in [0.5, 0.6) is 0 Å². The van der Waals surface area contributed by atoms with Gasteiger partial charge < -0.3 is 4.74 Å². The van der Waals surface area contributed by atoms with Crippen LogP contribution in [0.15, 0.2) is 72.3 Å². The molecule has 0 heterocycles. The summed E-state index contributed by atoms with van der Waals surface area (Å²) < 4.78 is 5.46. The summed E-state index contributed by atoms with van der Waals surface area (Å²) in [6.07, 6.45) is 6.48. The maximum Gasteiger partial charge on any atom is 0.323 e. The van der Waals surface area contributed by atoms with E-state index in [0.717, 1.165) is 32.4 Å². The number of carbonyl (C=O) groups is 1. The number of benzene rings is 2. The molecule has 1 atom stereocenters. The summed E-state index contributed by atoms with van der Waals surface area (Å²) in [5.74, 6) is -0.114. The normalized spacial score (nSPS) is 14.8. The molecule has 3 heteroatoms. The van der Waals surface area contributed by atoms with Gasteiger partial charge in [-0.25, -0.2) is 0 Å². The Labute approximate surface area is 162 Å². The molecule has 0 saturated carbocycles. The minimum atomic E-state index is -0.255. The molecule has 0 radical (unpaired) electrons. The molecule has 2 aromatic rings. The minimum Gasteiger partial charge on any atom is -0.465 e. The number of nitrogens with zero attached hydrogens (tertiary/aromatic N) is 1. The maximum atomic E-state index is 12.9. The van der Waals surface area contributed by atoms with Crippen molar-refractivity contribution >= 4 is 5.97 Å². The van der Waals surface area contributed by atoms with Gasteiger partial charge in [0.1, 0.15) is 6.04 Å². The second-order valence-corrected chi connectivity index (χ2v) is 7.10. The lowest BCUT2D eigenvalue weighted by molar-refractivity contribution is -0.150. The first kappa shape index (κ1) is 19.4. The van der Waals surface area contributed by atoms with Gasteiger partial charge in [-0.15, -0.1) is 0 Å². The predicted octanol–water partition coefficient (Wildman–Crippen LogP) is 5.12. The SMILES string of the molecule is CCOC(=O)C(CC1=CCCC1)N(Cc1ccccc1)Cc1ccccc1. The highest BCUT2D eigenvalue weighted by molar-refractivity contribution is 5.76. The summed E-state index contributed by atoms with van der Waals surface area (Å²) in [6, 6.07) is 20.5. The van der Waals surface area contributed by atoms with E-state index in [4.69, 9.17) is 4.74 Å². The van der Waals surface area contributed by atoms with E-state index in [9.17, 15) is 4.79 Å². The van der Waals surface area contributed by atoms with Crippen molar-refractivity contribution in [1.82, 2.24) is 4.90 Å². The Morgan fingerprint density at radius 2 is 1.59 bits per heavy atom. The van der Waals surface area contributed by atoms with Gasteiger partial charge >= 0.3 is 5.97 Å². The van der Waals surface area contributed by atoms with Crippen LogP contribution in [0.25, 0.3) is 0 Å². The van der Waals surface area contributed by atoms with Crippen LogP contribution in [-0.4, -0.2) is 23.5 Å². The molecule has 3 nitrogen and oxygen atoms in total. The smallest absolute Gasteiger partial charge is 0.323 e. The maximum absolute atomic E-state index is 12.9. The molecule has 0 aromatic heterocycles. The molecular formula is C24H29NO2. The fourth-order valence-corrected chi connectivity index (χ4v) is 3.68. The minimum absolute atomic E-state index is 0.114. The van der Waals surface area contributed by atoms with Crippen LogP contribution in [0.2, 0.25) is 0 Å². The molecule has 1 aliphatic rings. The molecule has 0 saturated heterocycles. The van der Waals surface area contributed by atoms with E-state index in [1.807, 2.05) is 19.1 Å². The van der Waals surface area contributed by atoms with Crippen molar-refractivity contribution < 1.29 is 9.53 Å². The fourth-order valence-electron chi connectivity index (χ4n) is 3.68. The van der Waals surface area contributed by atoms with Crippen molar-refractivity contribution in [3.05, 3.63) is 83.4 Å². The first-order valence-corrected chi connectivity index (χ1v) is 9.92. The highest BCUT2D eigenvalue weighted by atomic mass is 16.5. The second-order valence-electron chi connectivity index (χ2n) is 7.10. The quantitative estimate of drug-likeness (QED) is 0.457. The van der Waals surface area contributed by atoms with Crippen LogP contribution < -0.4 is 0 Å². The third-order valence-corrected chi connectivity index (χ3v) is 5.05. The Bertz CT molecular complexity index is 698. The molecular weight excluding hydrogens is 334 g/mol. The third-order valence-electron chi connectivity index (χ3n) is 5.05. The Kier molecular flexibility index (Phi) is 7.23. The number of esters is 1. The van der Waals surface area contributed by atoms with Crippen LogP contribution in [0, 0.1) is 0 Å². The van der Waals surface area contributed by atoms with Crippen LogP contribution in [0.4, 0.5) is 0 Å². The van der Waals surface area contributed by atoms with Gasteiger partial charge in [0.25, 0.3) is 0 Å². The molecule has 0 amide bonds. The summed E-state index contributed by atoms with van der Waals surface area (Å²) in [4.78, 5) is 15.1. The van der Waals surface area contributed by atoms with Gasteiger partial charge in [-0.3, -0.25) is 9.69 Å². The van der Waals surface area contributed by atoms with Crippen molar-refractivity contribution in [3.8, 4) is 0 Å². The number of carbonyl (C=O) groups excluding carboxylic acids is 1. The number of hydrogen-bond donors (Lipinski definition) is 0. The highest BCUT2D eigenvalue weighted by Gasteiger charge is 2.29. The van der Waals surface area contributed by atoms with E-state index in [1.165, 1.54) is 23.1 Å². The van der Waals surface area contributed by atoms with Crippen molar-refractivity contribution in [2.75, 3.05) is 6.61 Å². The van der Waals surface area contributed by atoms with Crippen LogP contribution in [0.3, 0.4) is 0 Å². The molecule has 1 aliphatic carbocycles. The van der Waals surface area contributed by atoms with Crippen LogP contribution in [-0.2, 0) is 22.6 Å². The fraction of sp³-hybridized carbons (Fsp3) is 0.375. The highest BCUT2D eigenvalue weighted by Crippen LogP contribution is 2.26. The molecule has 3 rings (SSSR count). The standard InChI is InChI=1S/C24H29NO2/c1-2-27-24(26)23(17-20-11-9-10-12-20)25(18-21-13-5-3-6-14-21)19-22-15-7-4-8-16-22/h3-8,11,13-16,23H,2,9-10,12,17-19H2,1H3. The largest absolute Gasteiger partial charge is 0.465 e. The average molecular weight is 364 g/mol. The molecule has 0 N–H and O–H groups in total. The van der Waals surface area contributed by atoms with Gasteiger partial charge in [-0.1, -0.05) is 72.3 Å². The van der Waals surface area contributed by atoms with Gasteiger partial charge in [0.2, 0.25) is 0 Å². The lowest BCUT2D eigenvalue weighted by atomic mass is 10.0. The van der Waals surface area contributed by atoms with E-state index < -0.39 is 0 Å². The van der Waals surface area contributed by atoms with E-state index in [0.29, 0.717) is 6.61 Å². The van der Waals surface area contributed by atoms with Crippen molar-refractivity contribution in [2.24, 2.45) is 0 Å². The summed E-state index contributed by atoms with van der Waals surface area (Å²) in [7, 11) is 0. The van der Waals surface area contributed by atoms with Gasteiger partial charge in [0.05, 0.1) is 6.61 Å².